The largest absolute Gasteiger partial charge is 0.337 e. The highest BCUT2D eigenvalue weighted by Crippen LogP contribution is 2.36. The van der Waals surface area contributed by atoms with E-state index in [0.29, 0.717) is 28.0 Å². The number of H-pyrrole nitrogens is 2. The van der Waals surface area contributed by atoms with Crippen molar-refractivity contribution in [1.29, 1.82) is 0 Å². The summed E-state index contributed by atoms with van der Waals surface area (Å²) in [5.74, 6) is 0.0937. The smallest absolute Gasteiger partial charge is 0.161 e. The van der Waals surface area contributed by atoms with Crippen LogP contribution in [-0.4, -0.2) is 49.7 Å². The summed E-state index contributed by atoms with van der Waals surface area (Å²) in [4.78, 5) is 17.5. The molecule has 8 heteroatoms. The van der Waals surface area contributed by atoms with Gasteiger partial charge in [-0.05, 0) is 75.2 Å². The molecule has 1 fully saturated rings. The van der Waals surface area contributed by atoms with Gasteiger partial charge in [-0.25, -0.2) is 9.37 Å². The number of allylic oxidation sites excluding steroid dienone is 3. The first-order valence-electron chi connectivity index (χ1n) is 12.9. The number of hydrogen-bond donors (Lipinski definition) is 2. The van der Waals surface area contributed by atoms with Crippen molar-refractivity contribution in [3.05, 3.63) is 83.3 Å². The Morgan fingerprint density at radius 2 is 2.03 bits per heavy atom. The van der Waals surface area contributed by atoms with E-state index in [-0.39, 0.29) is 5.69 Å². The van der Waals surface area contributed by atoms with E-state index >= 15 is 4.39 Å². The average molecular weight is 525 g/mol. The monoisotopic (exact) mass is 524 g/mol. The Morgan fingerprint density at radius 3 is 2.76 bits per heavy atom. The number of rotatable bonds is 7. The summed E-state index contributed by atoms with van der Waals surface area (Å²) >= 11 is 1.73. The van der Waals surface area contributed by atoms with Crippen molar-refractivity contribution in [3.8, 4) is 22.0 Å². The Bertz CT molecular complexity index is 1710. The first-order valence-corrected chi connectivity index (χ1v) is 13.7. The summed E-state index contributed by atoms with van der Waals surface area (Å²) in [5.41, 5.74) is 5.76. The maximum absolute atomic E-state index is 16.2. The van der Waals surface area contributed by atoms with E-state index in [0.717, 1.165) is 46.7 Å². The minimum absolute atomic E-state index is 0.286. The van der Waals surface area contributed by atoms with Crippen LogP contribution in [0.15, 0.2) is 66.9 Å². The molecule has 6 rings (SSSR count). The lowest BCUT2D eigenvalue weighted by Gasteiger charge is -2.15. The van der Waals surface area contributed by atoms with Gasteiger partial charge in [0.25, 0.3) is 0 Å². The minimum Gasteiger partial charge on any atom is -0.337 e. The number of aromatic nitrogens is 5. The molecule has 0 atom stereocenters. The molecule has 5 heterocycles. The van der Waals surface area contributed by atoms with Crippen LogP contribution in [-0.2, 0) is 0 Å². The van der Waals surface area contributed by atoms with Crippen LogP contribution in [0.25, 0.3) is 49.5 Å². The molecule has 1 saturated heterocycles. The van der Waals surface area contributed by atoms with E-state index in [9.17, 15) is 0 Å². The van der Waals surface area contributed by atoms with Gasteiger partial charge in [0.05, 0.1) is 28.1 Å². The third kappa shape index (κ3) is 4.40. The van der Waals surface area contributed by atoms with Crippen LogP contribution in [0.1, 0.15) is 30.3 Å². The van der Waals surface area contributed by atoms with Gasteiger partial charge < -0.3 is 4.98 Å². The van der Waals surface area contributed by atoms with E-state index in [1.165, 1.54) is 17.7 Å². The SMILES string of the molecule is C=C/C(=C\C(=C/C)c1ncc2[nH]nc(-c3nc4c(-c5ccc(C)s5)cccc4[nH]3)c2c1F)CN1CCCC1. The molecule has 2 N–H and O–H groups in total. The highest BCUT2D eigenvalue weighted by atomic mass is 32.1. The molecule has 0 aliphatic carbocycles. The number of fused-ring (bicyclic) bond motifs is 2. The van der Waals surface area contributed by atoms with Gasteiger partial charge in [-0.15, -0.1) is 11.3 Å². The van der Waals surface area contributed by atoms with E-state index < -0.39 is 5.82 Å². The van der Waals surface area contributed by atoms with Crippen molar-refractivity contribution < 1.29 is 4.39 Å². The number of imidazole rings is 1. The molecule has 0 saturated carbocycles. The Morgan fingerprint density at radius 1 is 1.18 bits per heavy atom. The third-order valence-electron chi connectivity index (χ3n) is 7.08. The molecule has 1 aliphatic heterocycles. The molecule has 1 aromatic carbocycles. The summed E-state index contributed by atoms with van der Waals surface area (Å²) in [6.45, 7) is 10.9. The molecule has 6 nitrogen and oxygen atoms in total. The van der Waals surface area contributed by atoms with E-state index in [4.69, 9.17) is 4.98 Å². The van der Waals surface area contributed by atoms with Crippen LogP contribution in [0.3, 0.4) is 0 Å². The molecular formula is C30H29FN6S. The first-order chi connectivity index (χ1) is 18.6. The predicted molar refractivity (Wildman–Crippen MR) is 155 cm³/mol. The lowest BCUT2D eigenvalue weighted by Crippen LogP contribution is -2.21. The fourth-order valence-corrected chi connectivity index (χ4v) is 6.02. The van der Waals surface area contributed by atoms with Crippen molar-refractivity contribution in [3.63, 3.8) is 0 Å². The molecule has 0 unspecified atom stereocenters. The van der Waals surface area contributed by atoms with Crippen molar-refractivity contribution in [1.82, 2.24) is 30.0 Å². The number of halogens is 1. The van der Waals surface area contributed by atoms with Gasteiger partial charge >= 0.3 is 0 Å². The quantitative estimate of drug-likeness (QED) is 0.219. The van der Waals surface area contributed by atoms with Crippen LogP contribution in [0.4, 0.5) is 4.39 Å². The van der Waals surface area contributed by atoms with Crippen molar-refractivity contribution >= 4 is 38.8 Å². The second-order valence-electron chi connectivity index (χ2n) is 9.63. The fraction of sp³-hybridized carbons (Fsp3) is 0.233. The standard InChI is InChI=1S/C30H29FN6S/c1-4-19(17-37-13-6-7-14-37)15-20(5-2)27-26(31)25-23(16-32-27)35-36-29(25)30-33-22-10-8-9-21(28(22)34-30)24-12-11-18(3)38-24/h4-5,8-12,15-16H,1,6-7,13-14,17H2,2-3H3,(H,33,34)(H,35,36)/b19-15+,20-5+. The molecule has 1 aliphatic rings. The molecule has 38 heavy (non-hydrogen) atoms. The fourth-order valence-electron chi connectivity index (χ4n) is 5.13. The van der Waals surface area contributed by atoms with Crippen LogP contribution >= 0.6 is 11.3 Å². The molecule has 0 bridgehead atoms. The van der Waals surface area contributed by atoms with Gasteiger partial charge in [-0.1, -0.05) is 30.9 Å². The predicted octanol–water partition coefficient (Wildman–Crippen LogP) is 7.29. The summed E-state index contributed by atoms with van der Waals surface area (Å²) < 4.78 is 16.2. The number of aromatic amines is 2. The zero-order chi connectivity index (χ0) is 26.2. The number of nitrogens with one attached hydrogen (secondary N) is 2. The van der Waals surface area contributed by atoms with Crippen LogP contribution in [0.2, 0.25) is 0 Å². The topological polar surface area (TPSA) is 73.5 Å². The minimum atomic E-state index is -0.422. The van der Waals surface area contributed by atoms with Crippen LogP contribution in [0, 0.1) is 12.7 Å². The van der Waals surface area contributed by atoms with Crippen LogP contribution < -0.4 is 0 Å². The molecule has 0 radical (unpaired) electrons. The number of thiophene rings is 1. The van der Waals surface area contributed by atoms with E-state index in [1.807, 2.05) is 37.3 Å². The highest BCUT2D eigenvalue weighted by molar-refractivity contribution is 7.15. The van der Waals surface area contributed by atoms with E-state index in [1.54, 1.807) is 17.5 Å². The van der Waals surface area contributed by atoms with Gasteiger partial charge in [0.15, 0.2) is 11.6 Å². The normalized spacial score (nSPS) is 15.2. The summed E-state index contributed by atoms with van der Waals surface area (Å²) in [7, 11) is 0. The molecule has 5 aromatic rings. The first kappa shape index (κ1) is 24.5. The number of nitrogens with zero attached hydrogens (tertiary/aromatic N) is 4. The maximum atomic E-state index is 16.2. The summed E-state index contributed by atoms with van der Waals surface area (Å²) in [6.07, 6.45) is 9.79. The number of hydrogen-bond acceptors (Lipinski definition) is 5. The Hall–Kier alpha value is -3.88. The molecule has 192 valence electrons. The molecular weight excluding hydrogens is 495 g/mol. The average Bonchev–Trinajstić information content (AvgIpc) is 3.73. The van der Waals surface area contributed by atoms with Crippen LogP contribution in [0.5, 0.6) is 0 Å². The summed E-state index contributed by atoms with van der Waals surface area (Å²) in [5, 5.41) is 7.75. The Kier molecular flexibility index (Phi) is 6.51. The lowest BCUT2D eigenvalue weighted by molar-refractivity contribution is 0.371. The molecule has 4 aromatic heterocycles. The summed E-state index contributed by atoms with van der Waals surface area (Å²) in [6, 6.07) is 10.3. The van der Waals surface area contributed by atoms with Crippen molar-refractivity contribution in [2.45, 2.75) is 26.7 Å². The van der Waals surface area contributed by atoms with Gasteiger partial charge in [-0.3, -0.25) is 15.0 Å². The van der Waals surface area contributed by atoms with Crippen molar-refractivity contribution in [2.75, 3.05) is 19.6 Å². The number of pyridine rings is 1. The number of aryl methyl sites for hydroxylation is 1. The van der Waals surface area contributed by atoms with Gasteiger partial charge in [0.2, 0.25) is 0 Å². The number of benzene rings is 1. The lowest BCUT2D eigenvalue weighted by atomic mass is 10.0. The van der Waals surface area contributed by atoms with Gasteiger partial charge in [0, 0.05) is 21.9 Å². The highest BCUT2D eigenvalue weighted by Gasteiger charge is 2.22. The van der Waals surface area contributed by atoms with Gasteiger partial charge in [-0.2, -0.15) is 5.10 Å². The zero-order valence-corrected chi connectivity index (χ0v) is 22.3. The van der Waals surface area contributed by atoms with Crippen molar-refractivity contribution in [2.24, 2.45) is 0 Å². The molecule has 0 amide bonds. The van der Waals surface area contributed by atoms with E-state index in [2.05, 4.69) is 56.8 Å². The Balaban J connectivity index is 1.42. The number of likely N-dealkylation sites (tertiary alicyclic amines) is 1. The Labute approximate surface area is 224 Å². The maximum Gasteiger partial charge on any atom is 0.161 e. The molecule has 0 spiro atoms. The third-order valence-corrected chi connectivity index (χ3v) is 8.11. The number of para-hydroxylation sites is 1. The van der Waals surface area contributed by atoms with Gasteiger partial charge in [0.1, 0.15) is 11.4 Å². The zero-order valence-electron chi connectivity index (χ0n) is 21.5. The second kappa shape index (κ2) is 10.1. The second-order valence-corrected chi connectivity index (χ2v) is 10.9.